The molecule has 0 unspecified atom stereocenters. The molecule has 8 nitrogen and oxygen atoms in total. The number of hydrogen-bond acceptors (Lipinski definition) is 5. The first-order chi connectivity index (χ1) is 15.4. The zero-order valence-electron chi connectivity index (χ0n) is 18.5. The number of nitrogens with zero attached hydrogens (tertiary/aromatic N) is 6. The lowest BCUT2D eigenvalue weighted by Crippen LogP contribution is -2.28. The fourth-order valence-electron chi connectivity index (χ4n) is 3.86. The van der Waals surface area contributed by atoms with Crippen molar-refractivity contribution in [3.8, 4) is 11.3 Å². The number of fused-ring (bicyclic) bond motifs is 1. The summed E-state index contributed by atoms with van der Waals surface area (Å²) in [6, 6.07) is 8.30. The molecule has 166 valence electrons. The van der Waals surface area contributed by atoms with Crippen LogP contribution < -0.4 is 0 Å². The summed E-state index contributed by atoms with van der Waals surface area (Å²) in [4.78, 5) is 23.0. The van der Waals surface area contributed by atoms with Gasteiger partial charge in [0, 0.05) is 42.7 Å². The Kier molecular flexibility index (Phi) is 6.25. The Morgan fingerprint density at radius 2 is 2.06 bits per heavy atom. The van der Waals surface area contributed by atoms with E-state index in [1.165, 1.54) is 18.5 Å². The van der Waals surface area contributed by atoms with Gasteiger partial charge in [0.05, 0.1) is 5.69 Å². The lowest BCUT2D eigenvalue weighted by Gasteiger charge is -2.17. The highest BCUT2D eigenvalue weighted by Gasteiger charge is 2.15. The third-order valence-electron chi connectivity index (χ3n) is 5.69. The summed E-state index contributed by atoms with van der Waals surface area (Å²) in [5.74, 6) is 0.383. The monoisotopic (exact) mass is 435 g/mol. The Balaban J connectivity index is 1.28. The predicted molar refractivity (Wildman–Crippen MR) is 119 cm³/mol. The normalized spacial score (nSPS) is 11.2. The maximum absolute atomic E-state index is 13.4. The fraction of sp³-hybridized carbons (Fsp3) is 0.348. The van der Waals surface area contributed by atoms with Crippen molar-refractivity contribution in [1.29, 1.82) is 0 Å². The first-order valence-electron chi connectivity index (χ1n) is 10.6. The Morgan fingerprint density at radius 1 is 1.22 bits per heavy atom. The number of aromatic amines is 1. The summed E-state index contributed by atoms with van der Waals surface area (Å²) in [6.07, 6.45) is 4.07. The molecule has 0 fully saturated rings. The second-order valence-corrected chi connectivity index (χ2v) is 7.94. The molecule has 0 aliphatic heterocycles. The van der Waals surface area contributed by atoms with Crippen molar-refractivity contribution in [3.05, 3.63) is 65.1 Å². The molecule has 0 spiro atoms. The lowest BCUT2D eigenvalue weighted by molar-refractivity contribution is -0.129. The van der Waals surface area contributed by atoms with Crippen molar-refractivity contribution in [3.63, 3.8) is 0 Å². The number of nitrogens with one attached hydrogen (secondary N) is 1. The minimum Gasteiger partial charge on any atom is -0.346 e. The molecular formula is C23H26FN7O. The molecule has 4 aromatic rings. The van der Waals surface area contributed by atoms with Crippen LogP contribution in [0.5, 0.6) is 0 Å². The quantitative estimate of drug-likeness (QED) is 0.459. The van der Waals surface area contributed by atoms with Gasteiger partial charge < -0.3 is 4.90 Å². The smallest absolute Gasteiger partial charge is 0.252 e. The van der Waals surface area contributed by atoms with Gasteiger partial charge >= 0.3 is 0 Å². The number of amides is 1. The van der Waals surface area contributed by atoms with Crippen LogP contribution in [0.4, 0.5) is 4.39 Å². The predicted octanol–water partition coefficient (Wildman–Crippen LogP) is 3.29. The summed E-state index contributed by atoms with van der Waals surface area (Å²) in [7, 11) is 1.83. The summed E-state index contributed by atoms with van der Waals surface area (Å²) in [5.41, 5.74) is 5.30. The summed E-state index contributed by atoms with van der Waals surface area (Å²) < 4.78 is 15.1. The van der Waals surface area contributed by atoms with Gasteiger partial charge in [-0.05, 0) is 56.9 Å². The third-order valence-corrected chi connectivity index (χ3v) is 5.69. The Hall–Kier alpha value is -3.62. The molecule has 0 saturated carbocycles. The maximum Gasteiger partial charge on any atom is 0.252 e. The van der Waals surface area contributed by atoms with E-state index in [0.717, 1.165) is 41.1 Å². The molecule has 1 aromatic carbocycles. The summed E-state index contributed by atoms with van der Waals surface area (Å²) in [6.45, 7) is 4.56. The van der Waals surface area contributed by atoms with Crippen molar-refractivity contribution in [1.82, 2.24) is 34.7 Å². The van der Waals surface area contributed by atoms with Crippen LogP contribution in [0.25, 0.3) is 17.0 Å². The van der Waals surface area contributed by atoms with E-state index >= 15 is 0 Å². The molecule has 9 heteroatoms. The number of aryl methyl sites for hydroxylation is 3. The van der Waals surface area contributed by atoms with Gasteiger partial charge in [-0.15, -0.1) is 0 Å². The highest BCUT2D eigenvalue weighted by atomic mass is 19.1. The van der Waals surface area contributed by atoms with E-state index in [2.05, 4.69) is 25.3 Å². The number of H-pyrrole nitrogens is 1. The van der Waals surface area contributed by atoms with Crippen LogP contribution in [-0.2, 0) is 17.6 Å². The van der Waals surface area contributed by atoms with Crippen molar-refractivity contribution < 1.29 is 9.18 Å². The fourth-order valence-corrected chi connectivity index (χ4v) is 3.86. The van der Waals surface area contributed by atoms with Crippen LogP contribution in [0.2, 0.25) is 0 Å². The van der Waals surface area contributed by atoms with Crippen molar-refractivity contribution in [2.24, 2.45) is 0 Å². The number of benzene rings is 1. The topological polar surface area (TPSA) is 92.1 Å². The molecule has 0 aliphatic rings. The van der Waals surface area contributed by atoms with Gasteiger partial charge in [0.15, 0.2) is 0 Å². The summed E-state index contributed by atoms with van der Waals surface area (Å²) in [5, 5.41) is 11.5. The molecule has 32 heavy (non-hydrogen) atoms. The molecule has 0 saturated heterocycles. The van der Waals surface area contributed by atoms with E-state index in [1.54, 1.807) is 15.5 Å². The minimum atomic E-state index is -0.283. The van der Waals surface area contributed by atoms with Crippen LogP contribution in [0, 0.1) is 19.7 Å². The van der Waals surface area contributed by atoms with Gasteiger partial charge in [-0.25, -0.2) is 13.9 Å². The largest absolute Gasteiger partial charge is 0.346 e. The number of hydrogen-bond donors (Lipinski definition) is 1. The second kappa shape index (κ2) is 9.25. The zero-order valence-corrected chi connectivity index (χ0v) is 18.5. The van der Waals surface area contributed by atoms with Gasteiger partial charge in [-0.1, -0.05) is 12.1 Å². The average Bonchev–Trinajstić information content (AvgIpc) is 3.43. The van der Waals surface area contributed by atoms with Crippen LogP contribution in [0.3, 0.4) is 0 Å². The lowest BCUT2D eigenvalue weighted by atomic mass is 10.1. The highest BCUT2D eigenvalue weighted by molar-refractivity contribution is 5.76. The van der Waals surface area contributed by atoms with Gasteiger partial charge in [-0.3, -0.25) is 9.89 Å². The van der Waals surface area contributed by atoms with Crippen molar-refractivity contribution in [2.45, 2.75) is 39.5 Å². The summed E-state index contributed by atoms with van der Waals surface area (Å²) >= 11 is 0. The van der Waals surface area contributed by atoms with E-state index in [-0.39, 0.29) is 11.7 Å². The van der Waals surface area contributed by atoms with Gasteiger partial charge in [0.25, 0.3) is 5.78 Å². The molecule has 0 bridgehead atoms. The van der Waals surface area contributed by atoms with E-state index in [4.69, 9.17) is 0 Å². The van der Waals surface area contributed by atoms with Crippen molar-refractivity contribution in [2.75, 3.05) is 13.6 Å². The second-order valence-electron chi connectivity index (χ2n) is 7.94. The number of carbonyl (C=O) groups excluding carboxylic acids is 1. The van der Waals surface area contributed by atoms with Crippen LogP contribution in [0.1, 0.15) is 35.5 Å². The molecule has 1 amide bonds. The van der Waals surface area contributed by atoms with Crippen LogP contribution in [-0.4, -0.2) is 54.2 Å². The molecular weight excluding hydrogens is 409 g/mol. The van der Waals surface area contributed by atoms with Crippen LogP contribution in [0.15, 0.2) is 36.7 Å². The maximum atomic E-state index is 13.4. The molecule has 4 rings (SSSR count). The number of aromatic nitrogens is 6. The third kappa shape index (κ3) is 4.66. The van der Waals surface area contributed by atoms with Gasteiger partial charge in [0.1, 0.15) is 12.1 Å². The van der Waals surface area contributed by atoms with E-state index in [9.17, 15) is 9.18 Å². The van der Waals surface area contributed by atoms with E-state index in [0.29, 0.717) is 30.9 Å². The first-order valence-corrected chi connectivity index (χ1v) is 10.6. The Morgan fingerprint density at radius 3 is 2.88 bits per heavy atom. The van der Waals surface area contributed by atoms with Gasteiger partial charge in [0.2, 0.25) is 5.91 Å². The standard InChI is InChI=1S/C23H26FN7O/c1-15-20(16(2)31-23(27-15)25-14-26-31)9-10-22(32)30(3)11-5-8-19-13-21(29-28-19)17-6-4-7-18(24)12-17/h4,6-7,12-14H,5,8-11H2,1-3H3,(H,28,29). The van der Waals surface area contributed by atoms with Crippen molar-refractivity contribution >= 4 is 11.7 Å². The van der Waals surface area contributed by atoms with E-state index < -0.39 is 0 Å². The Labute approximate surface area is 185 Å². The molecule has 0 radical (unpaired) electrons. The number of carbonyl (C=O) groups is 1. The van der Waals surface area contributed by atoms with Gasteiger partial charge in [-0.2, -0.15) is 15.2 Å². The first kappa shape index (κ1) is 21.6. The highest BCUT2D eigenvalue weighted by Crippen LogP contribution is 2.19. The number of rotatable bonds is 8. The van der Waals surface area contributed by atoms with Crippen LogP contribution >= 0.6 is 0 Å². The molecule has 3 aromatic heterocycles. The SMILES string of the molecule is Cc1nc2ncnn2c(C)c1CCC(=O)N(C)CCCc1cc(-c2cccc(F)c2)n[nH]1. The zero-order chi connectivity index (χ0) is 22.7. The average molecular weight is 436 g/mol. The minimum absolute atomic E-state index is 0.0903. The number of halogens is 1. The van der Waals surface area contributed by atoms with E-state index in [1.807, 2.05) is 33.0 Å². The molecule has 0 aliphatic carbocycles. The molecule has 3 heterocycles. The molecule has 0 atom stereocenters. The Bertz CT molecular complexity index is 1250. The molecule has 1 N–H and O–H groups in total.